The van der Waals surface area contributed by atoms with E-state index in [9.17, 15) is 8.78 Å². The highest BCUT2D eigenvalue weighted by atomic mass is 32.2. The van der Waals surface area contributed by atoms with Crippen LogP contribution in [0.1, 0.15) is 13.3 Å². The van der Waals surface area contributed by atoms with Gasteiger partial charge in [-0.1, -0.05) is 30.8 Å². The number of rotatable bonds is 7. The lowest BCUT2D eigenvalue weighted by molar-refractivity contribution is 0.252. The maximum Gasteiger partial charge on any atom is 0.288 e. The van der Waals surface area contributed by atoms with Crippen LogP contribution in [0, 0.1) is 0 Å². The van der Waals surface area contributed by atoms with Crippen LogP contribution < -0.4 is 10.6 Å². The van der Waals surface area contributed by atoms with Crippen molar-refractivity contribution in [3.8, 4) is 0 Å². The average molecular weight is 310 g/mol. The number of para-hydroxylation sites is 1. The third-order valence-electron chi connectivity index (χ3n) is 2.55. The van der Waals surface area contributed by atoms with E-state index in [-0.39, 0.29) is 0 Å². The second-order valence-electron chi connectivity index (χ2n) is 4.19. The highest BCUT2D eigenvalue weighted by Gasteiger charge is 2.10. The molecule has 0 radical (unpaired) electrons. The van der Waals surface area contributed by atoms with Crippen molar-refractivity contribution >= 4 is 29.2 Å². The summed E-state index contributed by atoms with van der Waals surface area (Å²) in [6.07, 6.45) is 2.59. The van der Waals surface area contributed by atoms with E-state index in [1.165, 1.54) is 0 Å². The quantitative estimate of drug-likeness (QED) is 0.744. The van der Waals surface area contributed by atoms with E-state index in [0.717, 1.165) is 13.0 Å². The second kappa shape index (κ2) is 7.78. The molecule has 0 bridgehead atoms. The minimum Gasteiger partial charge on any atom is -0.354 e. The van der Waals surface area contributed by atoms with E-state index in [1.807, 2.05) is 6.92 Å². The molecule has 1 aromatic heterocycles. The number of hydrogen-bond donors (Lipinski definition) is 2. The van der Waals surface area contributed by atoms with Gasteiger partial charge in [-0.25, -0.2) is 4.98 Å². The third-order valence-corrected chi connectivity index (χ3v) is 3.34. The molecule has 0 amide bonds. The Morgan fingerprint density at radius 2 is 2.05 bits per heavy atom. The monoisotopic (exact) mass is 310 g/mol. The Morgan fingerprint density at radius 1 is 1.24 bits per heavy atom. The molecule has 1 heterocycles. The SMILES string of the molecule is CCCNc1nccc(Nc2ccccc2SC(F)F)n1. The molecular weight excluding hydrogens is 294 g/mol. The molecule has 0 aliphatic rings. The summed E-state index contributed by atoms with van der Waals surface area (Å²) in [6, 6.07) is 8.60. The van der Waals surface area contributed by atoms with Crippen LogP contribution in [0.25, 0.3) is 0 Å². The van der Waals surface area contributed by atoms with Crippen molar-refractivity contribution in [1.29, 1.82) is 0 Å². The maximum absolute atomic E-state index is 12.5. The van der Waals surface area contributed by atoms with E-state index in [2.05, 4.69) is 20.6 Å². The zero-order valence-corrected chi connectivity index (χ0v) is 12.3. The zero-order valence-electron chi connectivity index (χ0n) is 11.5. The first-order chi connectivity index (χ1) is 10.2. The lowest BCUT2D eigenvalue weighted by Gasteiger charge is -2.11. The van der Waals surface area contributed by atoms with Gasteiger partial charge in [-0.05, 0) is 24.6 Å². The van der Waals surface area contributed by atoms with Crippen LogP contribution in [0.15, 0.2) is 41.4 Å². The molecule has 2 rings (SSSR count). The Hall–Kier alpha value is -1.89. The molecule has 2 N–H and O–H groups in total. The zero-order chi connectivity index (χ0) is 15.1. The van der Waals surface area contributed by atoms with Gasteiger partial charge >= 0.3 is 0 Å². The molecule has 0 aliphatic carbocycles. The van der Waals surface area contributed by atoms with Crippen LogP contribution in [0.5, 0.6) is 0 Å². The number of nitrogens with one attached hydrogen (secondary N) is 2. The molecule has 21 heavy (non-hydrogen) atoms. The molecule has 2 aromatic rings. The standard InChI is InChI=1S/C14H16F2N4S/c1-2-8-17-14-18-9-7-12(20-14)19-10-5-3-4-6-11(10)21-13(15)16/h3-7,9,13H,2,8H2,1H3,(H2,17,18,19,20). The van der Waals surface area contributed by atoms with Gasteiger partial charge in [-0.15, -0.1) is 0 Å². The van der Waals surface area contributed by atoms with Crippen molar-refractivity contribution in [3.05, 3.63) is 36.5 Å². The molecule has 0 fully saturated rings. The topological polar surface area (TPSA) is 49.8 Å². The fraction of sp³-hybridized carbons (Fsp3) is 0.286. The Bertz CT molecular complexity index is 580. The summed E-state index contributed by atoms with van der Waals surface area (Å²) in [6.45, 7) is 2.83. The molecule has 112 valence electrons. The van der Waals surface area contributed by atoms with E-state index >= 15 is 0 Å². The summed E-state index contributed by atoms with van der Waals surface area (Å²) in [5.41, 5.74) is 0.600. The molecule has 0 saturated carbocycles. The molecule has 0 unspecified atom stereocenters. The normalized spacial score (nSPS) is 10.7. The molecular formula is C14H16F2N4S. The summed E-state index contributed by atoms with van der Waals surface area (Å²) >= 11 is 0.508. The first-order valence-electron chi connectivity index (χ1n) is 6.57. The minimum atomic E-state index is -2.46. The smallest absolute Gasteiger partial charge is 0.288 e. The molecule has 0 spiro atoms. The first-order valence-corrected chi connectivity index (χ1v) is 7.44. The number of nitrogens with zero attached hydrogens (tertiary/aromatic N) is 2. The largest absolute Gasteiger partial charge is 0.354 e. The Balaban J connectivity index is 2.14. The fourth-order valence-corrected chi connectivity index (χ4v) is 2.25. The fourth-order valence-electron chi connectivity index (χ4n) is 1.66. The predicted octanol–water partition coefficient (Wildman–Crippen LogP) is 4.36. The van der Waals surface area contributed by atoms with Gasteiger partial charge in [0.2, 0.25) is 5.95 Å². The third kappa shape index (κ3) is 4.86. The van der Waals surface area contributed by atoms with Crippen molar-refractivity contribution in [3.63, 3.8) is 0 Å². The van der Waals surface area contributed by atoms with Crippen LogP contribution >= 0.6 is 11.8 Å². The van der Waals surface area contributed by atoms with E-state index in [1.54, 1.807) is 36.5 Å². The second-order valence-corrected chi connectivity index (χ2v) is 5.22. The van der Waals surface area contributed by atoms with Crippen molar-refractivity contribution in [2.75, 3.05) is 17.2 Å². The minimum absolute atomic E-state index is 0.481. The molecule has 4 nitrogen and oxygen atoms in total. The van der Waals surface area contributed by atoms with Gasteiger partial charge in [0.05, 0.1) is 5.69 Å². The first kappa shape index (κ1) is 15.5. The van der Waals surface area contributed by atoms with E-state index in [0.29, 0.717) is 34.1 Å². The highest BCUT2D eigenvalue weighted by Crippen LogP contribution is 2.32. The van der Waals surface area contributed by atoms with E-state index in [4.69, 9.17) is 0 Å². The van der Waals surface area contributed by atoms with E-state index < -0.39 is 5.76 Å². The van der Waals surface area contributed by atoms with Gasteiger partial charge in [-0.3, -0.25) is 0 Å². The number of benzene rings is 1. The van der Waals surface area contributed by atoms with Crippen LogP contribution in [-0.4, -0.2) is 22.3 Å². The number of anilines is 3. The highest BCUT2D eigenvalue weighted by molar-refractivity contribution is 7.99. The van der Waals surface area contributed by atoms with Gasteiger partial charge in [0.15, 0.2) is 0 Å². The lowest BCUT2D eigenvalue weighted by atomic mass is 10.3. The van der Waals surface area contributed by atoms with Gasteiger partial charge in [0.25, 0.3) is 5.76 Å². The summed E-state index contributed by atoms with van der Waals surface area (Å²) in [4.78, 5) is 8.88. The van der Waals surface area contributed by atoms with Crippen LogP contribution in [0.3, 0.4) is 0 Å². The van der Waals surface area contributed by atoms with Crippen LogP contribution in [0.2, 0.25) is 0 Å². The summed E-state index contributed by atoms with van der Waals surface area (Å²) in [7, 11) is 0. The maximum atomic E-state index is 12.5. The average Bonchev–Trinajstić information content (AvgIpc) is 2.47. The van der Waals surface area contributed by atoms with Crippen molar-refractivity contribution < 1.29 is 8.78 Å². The predicted molar refractivity (Wildman–Crippen MR) is 82.4 cm³/mol. The molecule has 0 aliphatic heterocycles. The summed E-state index contributed by atoms with van der Waals surface area (Å²) in [5, 5.41) is 6.13. The molecule has 7 heteroatoms. The Morgan fingerprint density at radius 3 is 2.81 bits per heavy atom. The van der Waals surface area contributed by atoms with Crippen LogP contribution in [-0.2, 0) is 0 Å². The summed E-state index contributed by atoms with van der Waals surface area (Å²) < 4.78 is 25.1. The number of alkyl halides is 2. The van der Waals surface area contributed by atoms with Crippen molar-refractivity contribution in [2.45, 2.75) is 24.0 Å². The Labute approximate surface area is 126 Å². The number of hydrogen-bond acceptors (Lipinski definition) is 5. The number of halogens is 2. The lowest BCUT2D eigenvalue weighted by Crippen LogP contribution is -2.05. The van der Waals surface area contributed by atoms with Gasteiger partial charge in [0, 0.05) is 17.6 Å². The van der Waals surface area contributed by atoms with Gasteiger partial charge < -0.3 is 10.6 Å². The van der Waals surface area contributed by atoms with Crippen LogP contribution in [0.4, 0.5) is 26.2 Å². The number of thioether (sulfide) groups is 1. The summed E-state index contributed by atoms with van der Waals surface area (Å²) in [5.74, 6) is -1.38. The molecule has 0 saturated heterocycles. The molecule has 0 atom stereocenters. The molecule has 1 aromatic carbocycles. The van der Waals surface area contributed by atoms with Gasteiger partial charge in [0.1, 0.15) is 5.82 Å². The van der Waals surface area contributed by atoms with Gasteiger partial charge in [-0.2, -0.15) is 13.8 Å². The Kier molecular flexibility index (Phi) is 5.74. The number of aromatic nitrogens is 2. The van der Waals surface area contributed by atoms with Crippen molar-refractivity contribution in [1.82, 2.24) is 9.97 Å². The van der Waals surface area contributed by atoms with Crippen molar-refractivity contribution in [2.24, 2.45) is 0 Å².